The van der Waals surface area contributed by atoms with E-state index in [2.05, 4.69) is 11.8 Å². The topological polar surface area (TPSA) is 57.0 Å². The standard InChI is InChI=1S/C15H24N2O3/c1-10-12(16)7-8-17(10)9-11-5-6-13(18-2)15(20-4)14(11)19-3/h5-6,10,12H,7-9,16H2,1-4H3. The van der Waals surface area contributed by atoms with Crippen molar-refractivity contribution in [3.8, 4) is 17.2 Å². The Morgan fingerprint density at radius 2 is 1.85 bits per heavy atom. The normalized spacial score (nSPS) is 22.9. The molecule has 1 saturated heterocycles. The van der Waals surface area contributed by atoms with Gasteiger partial charge in [0.1, 0.15) is 0 Å². The summed E-state index contributed by atoms with van der Waals surface area (Å²) in [4.78, 5) is 2.37. The highest BCUT2D eigenvalue weighted by atomic mass is 16.5. The first-order valence-corrected chi connectivity index (χ1v) is 6.89. The molecule has 0 saturated carbocycles. The molecule has 0 aromatic heterocycles. The van der Waals surface area contributed by atoms with Crippen LogP contribution in [0.5, 0.6) is 17.2 Å². The molecule has 2 atom stereocenters. The summed E-state index contributed by atoms with van der Waals surface area (Å²) in [6.07, 6.45) is 1.04. The molecule has 1 aromatic carbocycles. The fourth-order valence-electron chi connectivity index (χ4n) is 2.76. The first-order valence-electron chi connectivity index (χ1n) is 6.89. The van der Waals surface area contributed by atoms with E-state index < -0.39 is 0 Å². The van der Waals surface area contributed by atoms with Gasteiger partial charge < -0.3 is 19.9 Å². The average Bonchev–Trinajstić information content (AvgIpc) is 2.78. The zero-order chi connectivity index (χ0) is 14.7. The zero-order valence-corrected chi connectivity index (χ0v) is 12.7. The quantitative estimate of drug-likeness (QED) is 0.888. The Hall–Kier alpha value is -1.46. The minimum Gasteiger partial charge on any atom is -0.493 e. The van der Waals surface area contributed by atoms with Gasteiger partial charge >= 0.3 is 0 Å². The van der Waals surface area contributed by atoms with Crippen LogP contribution in [0.2, 0.25) is 0 Å². The number of rotatable bonds is 5. The molecule has 112 valence electrons. The fourth-order valence-corrected chi connectivity index (χ4v) is 2.76. The maximum absolute atomic E-state index is 6.08. The molecular formula is C15H24N2O3. The second kappa shape index (κ2) is 6.33. The van der Waals surface area contributed by atoms with E-state index in [1.807, 2.05) is 12.1 Å². The molecule has 20 heavy (non-hydrogen) atoms. The summed E-state index contributed by atoms with van der Waals surface area (Å²) in [6.45, 7) is 3.99. The third-order valence-corrected chi connectivity index (χ3v) is 4.10. The largest absolute Gasteiger partial charge is 0.493 e. The van der Waals surface area contributed by atoms with E-state index in [0.29, 0.717) is 17.5 Å². The zero-order valence-electron chi connectivity index (χ0n) is 12.7. The van der Waals surface area contributed by atoms with Crippen LogP contribution >= 0.6 is 0 Å². The molecule has 0 amide bonds. The lowest BCUT2D eigenvalue weighted by Gasteiger charge is -2.24. The van der Waals surface area contributed by atoms with Crippen LogP contribution in [0.15, 0.2) is 12.1 Å². The second-order valence-electron chi connectivity index (χ2n) is 5.16. The fraction of sp³-hybridized carbons (Fsp3) is 0.600. The van der Waals surface area contributed by atoms with E-state index in [-0.39, 0.29) is 6.04 Å². The van der Waals surface area contributed by atoms with E-state index in [1.54, 1.807) is 21.3 Å². The SMILES string of the molecule is COc1ccc(CN2CCC(N)C2C)c(OC)c1OC. The molecule has 2 N–H and O–H groups in total. The second-order valence-corrected chi connectivity index (χ2v) is 5.16. The molecule has 1 aromatic rings. The lowest BCUT2D eigenvalue weighted by atomic mass is 10.1. The van der Waals surface area contributed by atoms with Gasteiger partial charge in [-0.15, -0.1) is 0 Å². The molecule has 1 heterocycles. The van der Waals surface area contributed by atoms with Gasteiger partial charge in [0.25, 0.3) is 0 Å². The lowest BCUT2D eigenvalue weighted by molar-refractivity contribution is 0.245. The minimum absolute atomic E-state index is 0.251. The van der Waals surface area contributed by atoms with Crippen LogP contribution in [-0.4, -0.2) is 44.9 Å². The Morgan fingerprint density at radius 3 is 2.35 bits per heavy atom. The molecule has 0 radical (unpaired) electrons. The van der Waals surface area contributed by atoms with E-state index in [9.17, 15) is 0 Å². The molecule has 2 unspecified atom stereocenters. The molecule has 0 spiro atoms. The van der Waals surface area contributed by atoms with Gasteiger partial charge in [-0.25, -0.2) is 0 Å². The molecule has 0 bridgehead atoms. The van der Waals surface area contributed by atoms with Crippen molar-refractivity contribution >= 4 is 0 Å². The van der Waals surface area contributed by atoms with Gasteiger partial charge in [0.15, 0.2) is 11.5 Å². The van der Waals surface area contributed by atoms with Crippen molar-refractivity contribution < 1.29 is 14.2 Å². The number of nitrogens with zero attached hydrogens (tertiary/aromatic N) is 1. The van der Waals surface area contributed by atoms with E-state index >= 15 is 0 Å². The predicted octanol–water partition coefficient (Wildman–Crippen LogP) is 1.63. The van der Waals surface area contributed by atoms with E-state index in [4.69, 9.17) is 19.9 Å². The van der Waals surface area contributed by atoms with Crippen LogP contribution in [0.4, 0.5) is 0 Å². The Kier molecular flexibility index (Phi) is 4.73. The summed E-state index contributed by atoms with van der Waals surface area (Å²) >= 11 is 0. The lowest BCUT2D eigenvalue weighted by Crippen LogP contribution is -2.36. The minimum atomic E-state index is 0.251. The third-order valence-electron chi connectivity index (χ3n) is 4.10. The van der Waals surface area contributed by atoms with Crippen molar-refractivity contribution in [1.29, 1.82) is 0 Å². The Labute approximate surface area is 120 Å². The highest BCUT2D eigenvalue weighted by Gasteiger charge is 2.29. The predicted molar refractivity (Wildman–Crippen MR) is 78.6 cm³/mol. The van der Waals surface area contributed by atoms with Gasteiger partial charge in [-0.3, -0.25) is 4.90 Å². The van der Waals surface area contributed by atoms with Gasteiger partial charge in [0, 0.05) is 30.7 Å². The summed E-state index contributed by atoms with van der Waals surface area (Å²) in [5, 5.41) is 0. The summed E-state index contributed by atoms with van der Waals surface area (Å²) in [5.41, 5.74) is 7.17. The van der Waals surface area contributed by atoms with Crippen LogP contribution in [0, 0.1) is 0 Å². The van der Waals surface area contributed by atoms with Crippen molar-refractivity contribution in [3.63, 3.8) is 0 Å². The molecule has 0 aliphatic carbocycles. The number of methoxy groups -OCH3 is 3. The Balaban J connectivity index is 2.28. The van der Waals surface area contributed by atoms with Crippen molar-refractivity contribution in [2.45, 2.75) is 32.0 Å². The molecule has 1 aliphatic heterocycles. The highest BCUT2D eigenvalue weighted by molar-refractivity contribution is 5.55. The van der Waals surface area contributed by atoms with Gasteiger partial charge in [0.05, 0.1) is 21.3 Å². The van der Waals surface area contributed by atoms with Crippen molar-refractivity contribution in [2.24, 2.45) is 5.73 Å². The van der Waals surface area contributed by atoms with Crippen molar-refractivity contribution in [3.05, 3.63) is 17.7 Å². The van der Waals surface area contributed by atoms with Gasteiger partial charge in [0.2, 0.25) is 5.75 Å². The molecular weight excluding hydrogens is 256 g/mol. The number of hydrogen-bond acceptors (Lipinski definition) is 5. The highest BCUT2D eigenvalue weighted by Crippen LogP contribution is 2.40. The molecule has 5 nitrogen and oxygen atoms in total. The summed E-state index contributed by atoms with van der Waals surface area (Å²) in [6, 6.07) is 4.57. The molecule has 5 heteroatoms. The van der Waals surface area contributed by atoms with Gasteiger partial charge in [-0.1, -0.05) is 6.07 Å². The maximum Gasteiger partial charge on any atom is 0.203 e. The van der Waals surface area contributed by atoms with Crippen LogP contribution in [0.25, 0.3) is 0 Å². The number of ether oxygens (including phenoxy) is 3. The Bertz CT molecular complexity index is 465. The number of likely N-dealkylation sites (tertiary alicyclic amines) is 1. The number of benzene rings is 1. The van der Waals surface area contributed by atoms with Gasteiger partial charge in [-0.2, -0.15) is 0 Å². The molecule has 1 aliphatic rings. The Morgan fingerprint density at radius 1 is 1.15 bits per heavy atom. The van der Waals surface area contributed by atoms with Crippen LogP contribution in [0.1, 0.15) is 18.9 Å². The van der Waals surface area contributed by atoms with Gasteiger partial charge in [-0.05, 0) is 19.4 Å². The van der Waals surface area contributed by atoms with Crippen LogP contribution in [-0.2, 0) is 6.54 Å². The third kappa shape index (κ3) is 2.69. The van der Waals surface area contributed by atoms with E-state index in [1.165, 1.54) is 0 Å². The number of hydrogen-bond donors (Lipinski definition) is 1. The number of nitrogens with two attached hydrogens (primary N) is 1. The van der Waals surface area contributed by atoms with E-state index in [0.717, 1.165) is 30.8 Å². The summed E-state index contributed by atoms with van der Waals surface area (Å²) < 4.78 is 16.2. The summed E-state index contributed by atoms with van der Waals surface area (Å²) in [7, 11) is 4.90. The van der Waals surface area contributed by atoms with Crippen LogP contribution in [0.3, 0.4) is 0 Å². The summed E-state index contributed by atoms with van der Waals surface area (Å²) in [5.74, 6) is 2.06. The van der Waals surface area contributed by atoms with Crippen molar-refractivity contribution in [1.82, 2.24) is 4.90 Å². The molecule has 1 fully saturated rings. The average molecular weight is 280 g/mol. The monoisotopic (exact) mass is 280 g/mol. The smallest absolute Gasteiger partial charge is 0.203 e. The first-order chi connectivity index (χ1) is 9.62. The van der Waals surface area contributed by atoms with Crippen molar-refractivity contribution in [2.75, 3.05) is 27.9 Å². The molecule has 2 rings (SSSR count). The maximum atomic E-state index is 6.08. The van der Waals surface area contributed by atoms with Crippen LogP contribution < -0.4 is 19.9 Å². The first kappa shape index (κ1) is 14.9.